The first-order chi connectivity index (χ1) is 12.6. The first-order valence-electron chi connectivity index (χ1n) is 10.0. The number of hydrogen-bond donors (Lipinski definition) is 2. The smallest absolute Gasteiger partial charge is 0.243 e. The maximum Gasteiger partial charge on any atom is 0.243 e. The lowest BCUT2D eigenvalue weighted by molar-refractivity contribution is -0.127. The van der Waals surface area contributed by atoms with Crippen molar-refractivity contribution in [3.63, 3.8) is 0 Å². The fourth-order valence-corrected chi connectivity index (χ4v) is 2.79. The molecule has 0 aromatic rings. The number of carbonyl (C=O) groups excluding carboxylic acids is 1. The highest BCUT2D eigenvalue weighted by Crippen LogP contribution is 2.19. The molecular weight excluding hydrogens is 459 g/mol. The van der Waals surface area contributed by atoms with Gasteiger partial charge in [-0.1, -0.05) is 25.7 Å². The van der Waals surface area contributed by atoms with Gasteiger partial charge in [-0.3, -0.25) is 4.79 Å². The van der Waals surface area contributed by atoms with Crippen LogP contribution in [0.1, 0.15) is 51.9 Å². The van der Waals surface area contributed by atoms with Crippen LogP contribution >= 0.6 is 24.0 Å². The maximum absolute atomic E-state index is 11.8. The summed E-state index contributed by atoms with van der Waals surface area (Å²) in [5, 5.41) is 6.52. The van der Waals surface area contributed by atoms with Crippen molar-refractivity contribution >= 4 is 35.8 Å². The van der Waals surface area contributed by atoms with Crippen molar-refractivity contribution in [1.82, 2.24) is 15.5 Å². The van der Waals surface area contributed by atoms with Gasteiger partial charge in [0.15, 0.2) is 5.96 Å². The lowest BCUT2D eigenvalue weighted by atomic mass is 10.1. The minimum absolute atomic E-state index is 0. The molecule has 0 aromatic carbocycles. The van der Waals surface area contributed by atoms with E-state index in [1.54, 1.807) is 19.0 Å². The molecule has 0 bridgehead atoms. The third kappa shape index (κ3) is 14.1. The van der Waals surface area contributed by atoms with E-state index < -0.39 is 0 Å². The summed E-state index contributed by atoms with van der Waals surface area (Å²) in [5.74, 6) is 0.635. The Morgan fingerprint density at radius 1 is 1.07 bits per heavy atom. The molecule has 1 amide bonds. The monoisotopic (exact) mass is 498 g/mol. The van der Waals surface area contributed by atoms with Crippen LogP contribution < -0.4 is 10.6 Å². The molecule has 1 aliphatic rings. The van der Waals surface area contributed by atoms with Gasteiger partial charge < -0.3 is 25.0 Å². The molecule has 27 heavy (non-hydrogen) atoms. The summed E-state index contributed by atoms with van der Waals surface area (Å²) in [6.07, 6.45) is 8.86. The number of halogens is 1. The van der Waals surface area contributed by atoms with E-state index in [2.05, 4.69) is 15.6 Å². The summed E-state index contributed by atoms with van der Waals surface area (Å²) in [6, 6.07) is 0. The number of guanidine groups is 1. The van der Waals surface area contributed by atoms with E-state index in [0.717, 1.165) is 26.2 Å². The van der Waals surface area contributed by atoms with Crippen LogP contribution in [-0.2, 0) is 14.3 Å². The Morgan fingerprint density at radius 3 is 2.37 bits per heavy atom. The van der Waals surface area contributed by atoms with Crippen LogP contribution in [-0.4, -0.2) is 76.4 Å². The molecule has 160 valence electrons. The fraction of sp³-hybridized carbons (Fsp3) is 0.895. The van der Waals surface area contributed by atoms with Gasteiger partial charge in [-0.2, -0.15) is 0 Å². The van der Waals surface area contributed by atoms with E-state index in [1.165, 1.54) is 38.5 Å². The minimum atomic E-state index is -0.0184. The second-order valence-corrected chi connectivity index (χ2v) is 6.84. The molecule has 2 N–H and O–H groups in total. The highest BCUT2D eigenvalue weighted by Gasteiger charge is 2.12. The van der Waals surface area contributed by atoms with Crippen LogP contribution in [0.2, 0.25) is 0 Å². The third-order valence-electron chi connectivity index (χ3n) is 4.38. The molecule has 0 aromatic heterocycles. The van der Waals surface area contributed by atoms with Crippen molar-refractivity contribution in [2.24, 2.45) is 4.99 Å². The van der Waals surface area contributed by atoms with Crippen molar-refractivity contribution in [3.05, 3.63) is 0 Å². The van der Waals surface area contributed by atoms with Gasteiger partial charge in [0.05, 0.1) is 12.7 Å². The van der Waals surface area contributed by atoms with E-state index in [9.17, 15) is 4.79 Å². The molecule has 0 radical (unpaired) electrons. The van der Waals surface area contributed by atoms with Gasteiger partial charge in [0.1, 0.15) is 6.54 Å². The number of hydrogen-bond acceptors (Lipinski definition) is 4. The quantitative estimate of drug-likeness (QED) is 0.151. The van der Waals surface area contributed by atoms with Crippen LogP contribution in [0.3, 0.4) is 0 Å². The Bertz CT molecular complexity index is 400. The van der Waals surface area contributed by atoms with Crippen LogP contribution in [0.15, 0.2) is 4.99 Å². The normalized spacial score (nSPS) is 15.6. The average Bonchev–Trinajstić information content (AvgIpc) is 2.90. The van der Waals surface area contributed by atoms with Gasteiger partial charge in [-0.05, 0) is 26.2 Å². The van der Waals surface area contributed by atoms with E-state index in [-0.39, 0.29) is 36.4 Å². The first kappa shape index (κ1) is 26.4. The van der Waals surface area contributed by atoms with Crippen LogP contribution in [0.4, 0.5) is 0 Å². The van der Waals surface area contributed by atoms with Crippen LogP contribution in [0.5, 0.6) is 0 Å². The number of rotatable bonds is 11. The number of nitrogens with one attached hydrogen (secondary N) is 2. The minimum Gasteiger partial charge on any atom is -0.382 e. The molecule has 0 saturated heterocycles. The Labute approximate surface area is 182 Å². The number of ether oxygens (including phenoxy) is 2. The van der Waals surface area contributed by atoms with Crippen molar-refractivity contribution in [1.29, 1.82) is 0 Å². The Kier molecular flexibility index (Phi) is 17.1. The second kappa shape index (κ2) is 17.5. The molecule has 0 heterocycles. The average molecular weight is 498 g/mol. The molecule has 0 spiro atoms. The maximum atomic E-state index is 11.8. The Morgan fingerprint density at radius 2 is 1.74 bits per heavy atom. The molecule has 7 nitrogen and oxygen atoms in total. The number of carbonyl (C=O) groups is 1. The van der Waals surface area contributed by atoms with Gasteiger partial charge >= 0.3 is 0 Å². The molecular formula is C19H39IN4O3. The third-order valence-corrected chi connectivity index (χ3v) is 4.38. The predicted molar refractivity (Wildman–Crippen MR) is 121 cm³/mol. The second-order valence-electron chi connectivity index (χ2n) is 6.84. The van der Waals surface area contributed by atoms with E-state index in [1.807, 2.05) is 6.92 Å². The molecule has 1 rings (SSSR count). The topological polar surface area (TPSA) is 75.2 Å². The summed E-state index contributed by atoms with van der Waals surface area (Å²) >= 11 is 0. The zero-order valence-corrected chi connectivity index (χ0v) is 19.6. The standard InChI is InChI=1S/C19H38N4O3.HI/c1-4-25-14-9-12-20-19(22-16-18(24)23(2)3)21-13-15-26-17-10-7-5-6-8-11-17;/h17H,4-16H2,1-3H3,(H2,20,21,22);1H. The molecule has 8 heteroatoms. The molecule has 0 atom stereocenters. The Hall–Kier alpha value is -0.610. The number of aliphatic imine (C=N–C) groups is 1. The van der Waals surface area contributed by atoms with Crippen molar-refractivity contribution in [2.45, 2.75) is 58.0 Å². The summed E-state index contributed by atoms with van der Waals surface area (Å²) < 4.78 is 11.3. The zero-order valence-electron chi connectivity index (χ0n) is 17.3. The lowest BCUT2D eigenvalue weighted by Gasteiger charge is -2.17. The highest BCUT2D eigenvalue weighted by atomic mass is 127. The molecule has 0 aliphatic heterocycles. The van der Waals surface area contributed by atoms with E-state index in [4.69, 9.17) is 9.47 Å². The lowest BCUT2D eigenvalue weighted by Crippen LogP contribution is -2.41. The molecule has 1 aliphatic carbocycles. The first-order valence-corrected chi connectivity index (χ1v) is 10.0. The van der Waals surface area contributed by atoms with E-state index in [0.29, 0.717) is 25.2 Å². The van der Waals surface area contributed by atoms with Crippen molar-refractivity contribution in [2.75, 3.05) is 53.6 Å². The van der Waals surface area contributed by atoms with Crippen molar-refractivity contribution < 1.29 is 14.3 Å². The summed E-state index contributed by atoms with van der Waals surface area (Å²) in [5.41, 5.74) is 0. The molecule has 1 saturated carbocycles. The largest absolute Gasteiger partial charge is 0.382 e. The number of amides is 1. The molecule has 1 fully saturated rings. The van der Waals surface area contributed by atoms with Crippen LogP contribution in [0, 0.1) is 0 Å². The SMILES string of the molecule is CCOCCCNC(=NCC(=O)N(C)C)NCCOC1CCCCCC1.I. The van der Waals surface area contributed by atoms with Crippen LogP contribution in [0.25, 0.3) is 0 Å². The predicted octanol–water partition coefficient (Wildman–Crippen LogP) is 2.39. The van der Waals surface area contributed by atoms with Gasteiger partial charge in [-0.15, -0.1) is 24.0 Å². The number of nitrogens with zero attached hydrogens (tertiary/aromatic N) is 2. The highest BCUT2D eigenvalue weighted by molar-refractivity contribution is 14.0. The van der Waals surface area contributed by atoms with E-state index >= 15 is 0 Å². The zero-order chi connectivity index (χ0) is 19.0. The molecule has 0 unspecified atom stereocenters. The number of likely N-dealkylation sites (N-methyl/N-ethyl adjacent to an activating group) is 1. The van der Waals surface area contributed by atoms with Gasteiger partial charge in [0.2, 0.25) is 5.91 Å². The summed E-state index contributed by atoms with van der Waals surface area (Å²) in [6.45, 7) is 5.68. The van der Waals surface area contributed by atoms with Gasteiger partial charge in [0.25, 0.3) is 0 Å². The van der Waals surface area contributed by atoms with Gasteiger partial charge in [0, 0.05) is 40.4 Å². The Balaban J connectivity index is 0.00000676. The summed E-state index contributed by atoms with van der Waals surface area (Å²) in [4.78, 5) is 17.7. The van der Waals surface area contributed by atoms with Gasteiger partial charge in [-0.25, -0.2) is 4.99 Å². The summed E-state index contributed by atoms with van der Waals surface area (Å²) in [7, 11) is 3.47. The fourth-order valence-electron chi connectivity index (χ4n) is 2.79. The van der Waals surface area contributed by atoms with Crippen molar-refractivity contribution in [3.8, 4) is 0 Å².